The molecule has 1 unspecified atom stereocenters. The largest absolute Gasteiger partial charge is 0.309 e. The maximum Gasteiger partial charge on any atom is 0.0426 e. The van der Waals surface area contributed by atoms with Crippen LogP contribution in [0.1, 0.15) is 61.7 Å². The van der Waals surface area contributed by atoms with E-state index in [2.05, 4.69) is 48.1 Å². The standard InChI is InChI=1S/C14H24BrNS/c1-4-6-7-8-13(16-9-5-2)14-12(15)10-11(3)17-14/h10,13,16H,4-9H2,1-3H3. The lowest BCUT2D eigenvalue weighted by molar-refractivity contribution is 0.479. The van der Waals surface area contributed by atoms with E-state index in [1.807, 2.05) is 11.3 Å². The van der Waals surface area contributed by atoms with Crippen molar-refractivity contribution < 1.29 is 0 Å². The summed E-state index contributed by atoms with van der Waals surface area (Å²) in [6.45, 7) is 7.78. The van der Waals surface area contributed by atoms with E-state index in [9.17, 15) is 0 Å². The lowest BCUT2D eigenvalue weighted by Gasteiger charge is -2.17. The first kappa shape index (κ1) is 15.2. The molecule has 0 aliphatic carbocycles. The molecule has 0 radical (unpaired) electrons. The van der Waals surface area contributed by atoms with Crippen LogP contribution in [0, 0.1) is 6.92 Å². The maximum absolute atomic E-state index is 3.69. The fourth-order valence-electron chi connectivity index (χ4n) is 1.98. The first-order valence-corrected chi connectivity index (χ1v) is 8.29. The number of halogens is 1. The predicted octanol–water partition coefficient (Wildman–Crippen LogP) is 5.44. The van der Waals surface area contributed by atoms with Crippen LogP contribution in [0.15, 0.2) is 10.5 Å². The molecule has 0 saturated heterocycles. The van der Waals surface area contributed by atoms with Crippen LogP contribution in [0.2, 0.25) is 0 Å². The van der Waals surface area contributed by atoms with Crippen molar-refractivity contribution in [3.63, 3.8) is 0 Å². The molecule has 0 bridgehead atoms. The molecule has 0 saturated carbocycles. The first-order chi connectivity index (χ1) is 8.19. The highest BCUT2D eigenvalue weighted by Crippen LogP contribution is 2.34. The SMILES string of the molecule is CCCCCC(NCCC)c1sc(C)cc1Br. The van der Waals surface area contributed by atoms with Crippen LogP contribution >= 0.6 is 27.3 Å². The van der Waals surface area contributed by atoms with Gasteiger partial charge in [-0.1, -0.05) is 33.1 Å². The van der Waals surface area contributed by atoms with Crippen molar-refractivity contribution in [1.29, 1.82) is 0 Å². The Kier molecular flexibility index (Phi) is 7.40. The van der Waals surface area contributed by atoms with Gasteiger partial charge in [0.25, 0.3) is 0 Å². The zero-order chi connectivity index (χ0) is 12.7. The molecular formula is C14H24BrNS. The molecule has 1 aromatic rings. The Morgan fingerprint density at radius 1 is 1.29 bits per heavy atom. The van der Waals surface area contributed by atoms with Crippen LogP contribution in [-0.4, -0.2) is 6.54 Å². The minimum Gasteiger partial charge on any atom is -0.309 e. The summed E-state index contributed by atoms with van der Waals surface area (Å²) in [5, 5.41) is 3.68. The van der Waals surface area contributed by atoms with Gasteiger partial charge in [-0.15, -0.1) is 11.3 Å². The Morgan fingerprint density at radius 3 is 2.59 bits per heavy atom. The van der Waals surface area contributed by atoms with Gasteiger partial charge in [0.2, 0.25) is 0 Å². The Balaban J connectivity index is 2.64. The van der Waals surface area contributed by atoms with Crippen molar-refractivity contribution in [2.24, 2.45) is 0 Å². The van der Waals surface area contributed by atoms with E-state index in [0.717, 1.165) is 6.54 Å². The highest BCUT2D eigenvalue weighted by atomic mass is 79.9. The Morgan fingerprint density at radius 2 is 2.06 bits per heavy atom. The molecule has 0 aliphatic rings. The second-order valence-electron chi connectivity index (χ2n) is 4.57. The zero-order valence-electron chi connectivity index (χ0n) is 11.2. The summed E-state index contributed by atoms with van der Waals surface area (Å²) >= 11 is 5.61. The van der Waals surface area contributed by atoms with Gasteiger partial charge in [0.15, 0.2) is 0 Å². The van der Waals surface area contributed by atoms with E-state index < -0.39 is 0 Å². The average molecular weight is 318 g/mol. The van der Waals surface area contributed by atoms with Gasteiger partial charge in [0.1, 0.15) is 0 Å². The number of aryl methyl sites for hydroxylation is 1. The van der Waals surface area contributed by atoms with Gasteiger partial charge in [-0.05, 0) is 48.3 Å². The Labute approximate surface area is 118 Å². The molecule has 1 atom stereocenters. The molecule has 0 aliphatic heterocycles. The molecule has 0 aromatic carbocycles. The number of hydrogen-bond donors (Lipinski definition) is 1. The van der Waals surface area contributed by atoms with E-state index in [0.29, 0.717) is 6.04 Å². The van der Waals surface area contributed by atoms with E-state index >= 15 is 0 Å². The number of thiophene rings is 1. The van der Waals surface area contributed by atoms with E-state index in [1.165, 1.54) is 46.3 Å². The quantitative estimate of drug-likeness (QED) is 0.629. The van der Waals surface area contributed by atoms with Gasteiger partial charge in [0.05, 0.1) is 0 Å². The second kappa shape index (κ2) is 8.28. The molecule has 0 spiro atoms. The zero-order valence-corrected chi connectivity index (χ0v) is 13.6. The van der Waals surface area contributed by atoms with E-state index in [4.69, 9.17) is 0 Å². The van der Waals surface area contributed by atoms with Crippen LogP contribution in [0.5, 0.6) is 0 Å². The predicted molar refractivity (Wildman–Crippen MR) is 81.9 cm³/mol. The van der Waals surface area contributed by atoms with Crippen LogP contribution in [-0.2, 0) is 0 Å². The fourth-order valence-corrected chi connectivity index (χ4v) is 4.02. The third-order valence-corrected chi connectivity index (χ3v) is 4.97. The summed E-state index contributed by atoms with van der Waals surface area (Å²) in [6.07, 6.45) is 6.41. The number of rotatable bonds is 8. The molecule has 17 heavy (non-hydrogen) atoms. The third kappa shape index (κ3) is 5.11. The van der Waals surface area contributed by atoms with E-state index in [1.54, 1.807) is 0 Å². The van der Waals surface area contributed by atoms with Crippen LogP contribution in [0.3, 0.4) is 0 Å². The number of unbranched alkanes of at least 4 members (excludes halogenated alkanes) is 2. The number of hydrogen-bond acceptors (Lipinski definition) is 2. The average Bonchev–Trinajstić information content (AvgIpc) is 2.63. The summed E-state index contributed by atoms with van der Waals surface area (Å²) < 4.78 is 1.28. The lowest BCUT2D eigenvalue weighted by Crippen LogP contribution is -2.21. The molecule has 98 valence electrons. The molecule has 0 amide bonds. The normalized spacial score (nSPS) is 12.9. The second-order valence-corrected chi connectivity index (χ2v) is 6.71. The Bertz CT molecular complexity index is 322. The maximum atomic E-state index is 3.69. The highest BCUT2D eigenvalue weighted by Gasteiger charge is 2.15. The lowest BCUT2D eigenvalue weighted by atomic mass is 10.1. The molecule has 3 heteroatoms. The topological polar surface area (TPSA) is 12.0 Å². The van der Waals surface area contributed by atoms with Gasteiger partial charge in [-0.3, -0.25) is 0 Å². The Hall–Kier alpha value is 0.140. The van der Waals surface area contributed by atoms with Crippen molar-refractivity contribution in [2.45, 2.75) is 58.9 Å². The molecule has 1 rings (SSSR count). The van der Waals surface area contributed by atoms with Crippen molar-refractivity contribution >= 4 is 27.3 Å². The van der Waals surface area contributed by atoms with Crippen molar-refractivity contribution in [3.8, 4) is 0 Å². The van der Waals surface area contributed by atoms with Crippen molar-refractivity contribution in [1.82, 2.24) is 5.32 Å². The number of nitrogens with one attached hydrogen (secondary N) is 1. The minimum absolute atomic E-state index is 0.537. The molecule has 1 nitrogen and oxygen atoms in total. The smallest absolute Gasteiger partial charge is 0.0426 e. The van der Waals surface area contributed by atoms with Gasteiger partial charge in [-0.2, -0.15) is 0 Å². The highest BCUT2D eigenvalue weighted by molar-refractivity contribution is 9.10. The van der Waals surface area contributed by atoms with Crippen molar-refractivity contribution in [3.05, 3.63) is 20.3 Å². The van der Waals surface area contributed by atoms with Gasteiger partial charge >= 0.3 is 0 Å². The summed E-state index contributed by atoms with van der Waals surface area (Å²) in [5.74, 6) is 0. The first-order valence-electron chi connectivity index (χ1n) is 6.68. The van der Waals surface area contributed by atoms with Gasteiger partial charge in [0, 0.05) is 20.3 Å². The third-order valence-electron chi connectivity index (χ3n) is 2.89. The van der Waals surface area contributed by atoms with Crippen LogP contribution in [0.4, 0.5) is 0 Å². The van der Waals surface area contributed by atoms with Crippen LogP contribution < -0.4 is 5.32 Å². The van der Waals surface area contributed by atoms with Crippen LogP contribution in [0.25, 0.3) is 0 Å². The molecule has 0 fully saturated rings. The monoisotopic (exact) mass is 317 g/mol. The van der Waals surface area contributed by atoms with E-state index in [-0.39, 0.29) is 0 Å². The summed E-state index contributed by atoms with van der Waals surface area (Å²) in [5.41, 5.74) is 0. The minimum atomic E-state index is 0.537. The van der Waals surface area contributed by atoms with Gasteiger partial charge in [-0.25, -0.2) is 0 Å². The molecule has 1 heterocycles. The summed E-state index contributed by atoms with van der Waals surface area (Å²) in [6, 6.07) is 2.77. The van der Waals surface area contributed by atoms with Gasteiger partial charge < -0.3 is 5.32 Å². The molecular weight excluding hydrogens is 294 g/mol. The molecule has 1 aromatic heterocycles. The van der Waals surface area contributed by atoms with Crippen molar-refractivity contribution in [2.75, 3.05) is 6.54 Å². The summed E-state index contributed by atoms with van der Waals surface area (Å²) in [4.78, 5) is 2.87. The summed E-state index contributed by atoms with van der Waals surface area (Å²) in [7, 11) is 0. The molecule has 1 N–H and O–H groups in total. The fraction of sp³-hybridized carbons (Fsp3) is 0.714.